The number of piperidine rings is 1. The summed E-state index contributed by atoms with van der Waals surface area (Å²) < 4.78 is 1.80. The van der Waals surface area contributed by atoms with Gasteiger partial charge in [-0.2, -0.15) is 0 Å². The minimum absolute atomic E-state index is 0.0854. The van der Waals surface area contributed by atoms with Gasteiger partial charge in [0.1, 0.15) is 0 Å². The molecule has 3 rings (SSSR count). The van der Waals surface area contributed by atoms with Crippen LogP contribution in [0.25, 0.3) is 10.2 Å². The predicted octanol–water partition coefficient (Wildman–Crippen LogP) is 4.05. The molecule has 19 heavy (non-hydrogen) atoms. The summed E-state index contributed by atoms with van der Waals surface area (Å²) in [4.78, 5) is 17.7. The van der Waals surface area contributed by atoms with Crippen molar-refractivity contribution in [1.82, 2.24) is 4.98 Å². The van der Waals surface area contributed by atoms with Crippen LogP contribution in [0.1, 0.15) is 19.8 Å². The molecule has 98 valence electrons. The van der Waals surface area contributed by atoms with E-state index in [0.717, 1.165) is 26.3 Å². The number of fused-ring (bicyclic) bond motifs is 1. The van der Waals surface area contributed by atoms with Gasteiger partial charge in [0.25, 0.3) is 0 Å². The number of nitrogens with one attached hydrogen (secondary N) is 1. The maximum atomic E-state index is 12.2. The van der Waals surface area contributed by atoms with Gasteiger partial charge in [-0.15, -0.1) is 11.3 Å². The Morgan fingerprint density at radius 3 is 2.89 bits per heavy atom. The van der Waals surface area contributed by atoms with Crippen LogP contribution in [0.3, 0.4) is 0 Å². The second kappa shape index (κ2) is 4.77. The number of carbonyl (C=O) groups is 1. The molecule has 3 nitrogen and oxygen atoms in total. The van der Waals surface area contributed by atoms with Gasteiger partial charge >= 0.3 is 0 Å². The molecule has 0 radical (unpaired) electrons. The lowest BCUT2D eigenvalue weighted by Crippen LogP contribution is -2.41. The molecule has 1 N–H and O–H groups in total. The van der Waals surface area contributed by atoms with E-state index in [2.05, 4.69) is 11.9 Å². The average Bonchev–Trinajstić information content (AvgIpc) is 2.67. The van der Waals surface area contributed by atoms with Crippen molar-refractivity contribution in [3.63, 3.8) is 0 Å². The number of aromatic amines is 1. The second-order valence-corrected chi connectivity index (χ2v) is 7.02. The summed E-state index contributed by atoms with van der Waals surface area (Å²) in [5.41, 5.74) is 1.85. The third-order valence-electron chi connectivity index (χ3n) is 3.21. The Balaban J connectivity index is 2.05. The number of benzene rings is 1. The summed E-state index contributed by atoms with van der Waals surface area (Å²) in [6, 6.07) is 5.85. The summed E-state index contributed by atoms with van der Waals surface area (Å²) >= 11 is 12.0. The van der Waals surface area contributed by atoms with Gasteiger partial charge in [0.15, 0.2) is 3.95 Å². The summed E-state index contributed by atoms with van der Waals surface area (Å²) in [6.07, 6.45) is 1.35. The van der Waals surface area contributed by atoms with Crippen LogP contribution in [-0.2, 0) is 4.79 Å². The molecule has 1 aliphatic rings. The third kappa shape index (κ3) is 2.35. The molecule has 0 aliphatic carbocycles. The lowest BCUT2D eigenvalue weighted by atomic mass is 9.98. The Morgan fingerprint density at radius 1 is 1.37 bits per heavy atom. The molecular weight excluding hydrogens is 296 g/mol. The van der Waals surface area contributed by atoms with Gasteiger partial charge in [-0.05, 0) is 36.3 Å². The van der Waals surface area contributed by atoms with E-state index < -0.39 is 0 Å². The van der Waals surface area contributed by atoms with Crippen LogP contribution < -0.4 is 4.90 Å². The van der Waals surface area contributed by atoms with Gasteiger partial charge in [0, 0.05) is 12.8 Å². The summed E-state index contributed by atoms with van der Waals surface area (Å²) in [7, 11) is 0. The molecule has 0 bridgehead atoms. The fraction of sp³-hybridized carbons (Fsp3) is 0.308. The molecule has 6 heteroatoms. The number of amides is 1. The highest BCUT2D eigenvalue weighted by atomic mass is 32.1. The molecule has 2 heterocycles. The van der Waals surface area contributed by atoms with E-state index in [-0.39, 0.29) is 5.91 Å². The quantitative estimate of drug-likeness (QED) is 0.807. The molecule has 1 aromatic heterocycles. The molecule has 1 saturated heterocycles. The summed E-state index contributed by atoms with van der Waals surface area (Å²) in [5.74, 6) is 0.427. The number of nitrogens with zero attached hydrogens (tertiary/aromatic N) is 1. The molecule has 1 aromatic carbocycles. The lowest BCUT2D eigenvalue weighted by Gasteiger charge is -2.30. The molecule has 2 aromatic rings. The first-order chi connectivity index (χ1) is 9.04. The van der Waals surface area contributed by atoms with Gasteiger partial charge in [-0.25, -0.2) is 0 Å². The maximum Gasteiger partial charge on any atom is 0.232 e. The standard InChI is InChI=1S/C13H12N2OS3/c1-7-4-11(16)15(12(17)5-7)8-2-3-9-10(6-8)19-13(18)14-9/h2-3,6-7H,4-5H2,1H3,(H,14,18). The highest BCUT2D eigenvalue weighted by Gasteiger charge is 2.28. The highest BCUT2D eigenvalue weighted by molar-refractivity contribution is 7.80. The number of hydrogen-bond acceptors (Lipinski definition) is 4. The lowest BCUT2D eigenvalue weighted by molar-refractivity contribution is -0.118. The SMILES string of the molecule is CC1CC(=O)N(c2ccc3[nH]c(=S)sc3c2)C(=S)C1. The Morgan fingerprint density at radius 2 is 2.16 bits per heavy atom. The van der Waals surface area contributed by atoms with Crippen LogP contribution in [0.5, 0.6) is 0 Å². The first kappa shape index (κ1) is 12.9. The van der Waals surface area contributed by atoms with Crippen molar-refractivity contribution < 1.29 is 4.79 Å². The zero-order chi connectivity index (χ0) is 13.6. The molecular formula is C13H12N2OS3. The Labute approximate surface area is 125 Å². The van der Waals surface area contributed by atoms with Gasteiger partial charge in [0.2, 0.25) is 5.91 Å². The van der Waals surface area contributed by atoms with Crippen LogP contribution in [0.15, 0.2) is 18.2 Å². The van der Waals surface area contributed by atoms with Crippen molar-refractivity contribution >= 4 is 62.6 Å². The van der Waals surface area contributed by atoms with Crippen molar-refractivity contribution in [2.45, 2.75) is 19.8 Å². The van der Waals surface area contributed by atoms with E-state index in [4.69, 9.17) is 24.4 Å². The summed E-state index contributed by atoms with van der Waals surface area (Å²) in [5, 5.41) is 0. The number of anilines is 1. The maximum absolute atomic E-state index is 12.2. The molecule has 1 unspecified atom stereocenters. The first-order valence-corrected chi connectivity index (χ1v) is 7.66. The van der Waals surface area contributed by atoms with Gasteiger partial charge < -0.3 is 4.98 Å². The Bertz CT molecular complexity index is 713. The fourth-order valence-electron chi connectivity index (χ4n) is 2.35. The Kier molecular flexibility index (Phi) is 3.24. The van der Waals surface area contributed by atoms with E-state index in [0.29, 0.717) is 17.3 Å². The second-order valence-electron chi connectivity index (χ2n) is 4.83. The number of H-pyrrole nitrogens is 1. The number of thiocarbonyl (C=S) groups is 1. The monoisotopic (exact) mass is 308 g/mol. The van der Waals surface area contributed by atoms with Crippen LogP contribution in [-0.4, -0.2) is 15.9 Å². The number of carbonyl (C=O) groups excluding carboxylic acids is 1. The fourth-order valence-corrected chi connectivity index (χ4v) is 3.99. The van der Waals surface area contributed by atoms with Crippen LogP contribution in [0.2, 0.25) is 0 Å². The smallest absolute Gasteiger partial charge is 0.232 e. The van der Waals surface area contributed by atoms with E-state index >= 15 is 0 Å². The van der Waals surface area contributed by atoms with E-state index in [1.54, 1.807) is 4.90 Å². The van der Waals surface area contributed by atoms with E-state index in [1.807, 2.05) is 18.2 Å². The predicted molar refractivity (Wildman–Crippen MR) is 85.5 cm³/mol. The molecule has 0 spiro atoms. The molecule has 0 saturated carbocycles. The number of hydrogen-bond donors (Lipinski definition) is 1. The molecule has 1 atom stereocenters. The average molecular weight is 308 g/mol. The molecule has 1 amide bonds. The summed E-state index contributed by atoms with van der Waals surface area (Å²) in [6.45, 7) is 2.06. The first-order valence-electron chi connectivity index (χ1n) is 6.03. The largest absolute Gasteiger partial charge is 0.337 e. The van der Waals surface area contributed by atoms with Crippen LogP contribution >= 0.6 is 35.8 Å². The van der Waals surface area contributed by atoms with Crippen molar-refractivity contribution in [2.24, 2.45) is 5.92 Å². The zero-order valence-corrected chi connectivity index (χ0v) is 12.8. The van der Waals surface area contributed by atoms with Crippen molar-refractivity contribution in [3.05, 3.63) is 22.2 Å². The highest BCUT2D eigenvalue weighted by Crippen LogP contribution is 2.30. The van der Waals surface area contributed by atoms with Crippen molar-refractivity contribution in [3.8, 4) is 0 Å². The topological polar surface area (TPSA) is 36.1 Å². The normalized spacial score (nSPS) is 20.3. The van der Waals surface area contributed by atoms with E-state index in [1.165, 1.54) is 11.3 Å². The van der Waals surface area contributed by atoms with Gasteiger partial charge in [0.05, 0.1) is 20.9 Å². The van der Waals surface area contributed by atoms with Gasteiger partial charge in [-0.3, -0.25) is 9.69 Å². The zero-order valence-electron chi connectivity index (χ0n) is 10.3. The van der Waals surface area contributed by atoms with E-state index in [9.17, 15) is 4.79 Å². The van der Waals surface area contributed by atoms with Crippen molar-refractivity contribution in [2.75, 3.05) is 4.90 Å². The minimum atomic E-state index is 0.0854. The minimum Gasteiger partial charge on any atom is -0.337 e. The molecule has 1 aliphatic heterocycles. The van der Waals surface area contributed by atoms with Crippen LogP contribution in [0.4, 0.5) is 5.69 Å². The third-order valence-corrected chi connectivity index (χ3v) is 4.75. The number of rotatable bonds is 1. The number of thiazole rings is 1. The number of aromatic nitrogens is 1. The van der Waals surface area contributed by atoms with Crippen LogP contribution in [0, 0.1) is 9.87 Å². The van der Waals surface area contributed by atoms with Gasteiger partial charge in [-0.1, -0.05) is 19.1 Å². The van der Waals surface area contributed by atoms with Crippen molar-refractivity contribution in [1.29, 1.82) is 0 Å². The Hall–Kier alpha value is -1.11. The molecule has 1 fully saturated rings.